The molecule has 148 valence electrons. The van der Waals surface area contributed by atoms with Crippen molar-refractivity contribution in [2.75, 3.05) is 6.26 Å². The van der Waals surface area contributed by atoms with Gasteiger partial charge < -0.3 is 9.47 Å². The van der Waals surface area contributed by atoms with E-state index in [0.717, 1.165) is 17.1 Å². The number of rotatable bonds is 6. The smallest absolute Gasteiger partial charge is 0.216 e. The third kappa shape index (κ3) is 4.77. The minimum Gasteiger partial charge on any atom is -0.457 e. The molecule has 0 amide bonds. The van der Waals surface area contributed by atoms with Gasteiger partial charge in [0.2, 0.25) is 5.88 Å². The van der Waals surface area contributed by atoms with Crippen LogP contribution in [0.4, 0.5) is 0 Å². The van der Waals surface area contributed by atoms with Crippen molar-refractivity contribution >= 4 is 9.84 Å². The maximum atomic E-state index is 11.5. The van der Waals surface area contributed by atoms with Crippen molar-refractivity contribution < 1.29 is 22.7 Å². The van der Waals surface area contributed by atoms with Crippen molar-refractivity contribution in [3.05, 3.63) is 96.4 Å². The fourth-order valence-electron chi connectivity index (χ4n) is 2.78. The van der Waals surface area contributed by atoms with Gasteiger partial charge in [-0.05, 0) is 54.1 Å². The molecule has 3 aromatic rings. The molecule has 0 aromatic heterocycles. The van der Waals surface area contributed by atoms with Gasteiger partial charge in [-0.3, -0.25) is 4.84 Å². The molecule has 1 N–H and O–H groups in total. The van der Waals surface area contributed by atoms with Crippen LogP contribution < -0.4 is 15.0 Å². The second-order valence-electron chi connectivity index (χ2n) is 6.50. The predicted octanol–water partition coefficient (Wildman–Crippen LogP) is 4.38. The summed E-state index contributed by atoms with van der Waals surface area (Å²) in [6.45, 7) is 0. The molecule has 0 fully saturated rings. The van der Waals surface area contributed by atoms with Gasteiger partial charge in [0.25, 0.3) is 0 Å². The molecule has 0 saturated carbocycles. The molecule has 1 aliphatic heterocycles. The van der Waals surface area contributed by atoms with E-state index in [1.54, 1.807) is 18.2 Å². The zero-order chi connectivity index (χ0) is 20.3. The van der Waals surface area contributed by atoms with Crippen molar-refractivity contribution in [2.45, 2.75) is 11.0 Å². The van der Waals surface area contributed by atoms with E-state index >= 15 is 0 Å². The SMILES string of the molecule is CS(=O)(=O)c1ccc(OC2=CC(c3ccc(Oc4ccccc4)cc3)ON2)cc1. The summed E-state index contributed by atoms with van der Waals surface area (Å²) in [6, 6.07) is 23.4. The average molecular weight is 409 g/mol. The van der Waals surface area contributed by atoms with E-state index in [4.69, 9.17) is 14.3 Å². The van der Waals surface area contributed by atoms with Crippen LogP contribution in [0.3, 0.4) is 0 Å². The fraction of sp³-hybridized carbons (Fsp3) is 0.0909. The highest BCUT2D eigenvalue weighted by Gasteiger charge is 2.20. The zero-order valence-corrected chi connectivity index (χ0v) is 16.4. The minimum absolute atomic E-state index is 0.241. The van der Waals surface area contributed by atoms with E-state index in [-0.39, 0.29) is 11.0 Å². The molecule has 0 spiro atoms. The van der Waals surface area contributed by atoms with E-state index in [1.807, 2.05) is 54.6 Å². The first kappa shape index (κ1) is 19.0. The van der Waals surface area contributed by atoms with E-state index in [9.17, 15) is 8.42 Å². The van der Waals surface area contributed by atoms with Gasteiger partial charge in [-0.1, -0.05) is 30.3 Å². The van der Waals surface area contributed by atoms with E-state index in [1.165, 1.54) is 18.4 Å². The molecule has 1 aliphatic rings. The Kier molecular flexibility index (Phi) is 5.24. The largest absolute Gasteiger partial charge is 0.457 e. The molecule has 7 heteroatoms. The number of nitrogens with one attached hydrogen (secondary N) is 1. The van der Waals surface area contributed by atoms with Crippen LogP contribution in [0, 0.1) is 0 Å². The zero-order valence-electron chi connectivity index (χ0n) is 15.6. The van der Waals surface area contributed by atoms with Gasteiger partial charge in [-0.25, -0.2) is 13.9 Å². The number of sulfone groups is 1. The van der Waals surface area contributed by atoms with Gasteiger partial charge in [-0.15, -0.1) is 0 Å². The Morgan fingerprint density at radius 2 is 1.38 bits per heavy atom. The van der Waals surface area contributed by atoms with E-state index in [2.05, 4.69) is 5.48 Å². The lowest BCUT2D eigenvalue weighted by atomic mass is 10.1. The van der Waals surface area contributed by atoms with Crippen LogP contribution in [0.5, 0.6) is 17.2 Å². The van der Waals surface area contributed by atoms with Crippen LogP contribution in [-0.2, 0) is 14.7 Å². The summed E-state index contributed by atoms with van der Waals surface area (Å²) in [6.07, 6.45) is 2.65. The predicted molar refractivity (Wildman–Crippen MR) is 108 cm³/mol. The van der Waals surface area contributed by atoms with Crippen molar-refractivity contribution in [3.8, 4) is 17.2 Å². The molecule has 6 nitrogen and oxygen atoms in total. The number of ether oxygens (including phenoxy) is 2. The number of hydrogen-bond donors (Lipinski definition) is 1. The van der Waals surface area contributed by atoms with Crippen molar-refractivity contribution in [1.82, 2.24) is 5.48 Å². The number of hydroxylamine groups is 1. The molecule has 0 radical (unpaired) electrons. The van der Waals surface area contributed by atoms with Crippen LogP contribution >= 0.6 is 0 Å². The fourth-order valence-corrected chi connectivity index (χ4v) is 3.41. The van der Waals surface area contributed by atoms with Gasteiger partial charge in [0.05, 0.1) is 4.90 Å². The standard InChI is InChI=1S/C22H19NO5S/c1-29(24,25)20-13-11-19(12-14-20)27-22-15-21(28-23-22)16-7-9-18(10-8-16)26-17-5-3-2-4-6-17/h2-15,21,23H,1H3. The molecule has 0 aliphatic carbocycles. The normalized spacial score (nSPS) is 16.0. The first-order chi connectivity index (χ1) is 14.0. The molecule has 0 bridgehead atoms. The summed E-state index contributed by atoms with van der Waals surface area (Å²) < 4.78 is 34.5. The van der Waals surface area contributed by atoms with E-state index < -0.39 is 9.84 Å². The lowest BCUT2D eigenvalue weighted by Crippen LogP contribution is -2.12. The summed E-state index contributed by atoms with van der Waals surface area (Å²) in [5, 5.41) is 0. The van der Waals surface area contributed by atoms with Crippen LogP contribution in [0.15, 0.2) is 95.7 Å². The quantitative estimate of drug-likeness (QED) is 0.651. The van der Waals surface area contributed by atoms with Crippen LogP contribution in [0.2, 0.25) is 0 Å². The molecule has 3 aromatic carbocycles. The Balaban J connectivity index is 1.40. The summed E-state index contributed by atoms with van der Waals surface area (Å²) in [7, 11) is -3.24. The second kappa shape index (κ2) is 7.98. The van der Waals surface area contributed by atoms with Crippen LogP contribution in [-0.4, -0.2) is 14.7 Å². The monoisotopic (exact) mass is 409 g/mol. The molecule has 1 heterocycles. The first-order valence-corrected chi connectivity index (χ1v) is 10.8. The van der Waals surface area contributed by atoms with Crippen LogP contribution in [0.1, 0.15) is 11.7 Å². The van der Waals surface area contributed by atoms with Crippen molar-refractivity contribution in [1.29, 1.82) is 0 Å². The molecule has 1 unspecified atom stereocenters. The Morgan fingerprint density at radius 3 is 2.03 bits per heavy atom. The second-order valence-corrected chi connectivity index (χ2v) is 8.52. The van der Waals surface area contributed by atoms with Crippen LogP contribution in [0.25, 0.3) is 0 Å². The Morgan fingerprint density at radius 1 is 0.793 bits per heavy atom. The van der Waals surface area contributed by atoms with Gasteiger partial charge in [-0.2, -0.15) is 0 Å². The number of para-hydroxylation sites is 1. The minimum atomic E-state index is -3.24. The third-order valence-electron chi connectivity index (χ3n) is 4.26. The van der Waals surface area contributed by atoms with Gasteiger partial charge in [0.15, 0.2) is 9.84 Å². The first-order valence-electron chi connectivity index (χ1n) is 8.92. The molecular formula is C22H19NO5S. The molecular weight excluding hydrogens is 390 g/mol. The van der Waals surface area contributed by atoms with Gasteiger partial charge in [0.1, 0.15) is 23.4 Å². The summed E-state index contributed by atoms with van der Waals surface area (Å²) in [5.41, 5.74) is 3.68. The van der Waals surface area contributed by atoms with E-state index in [0.29, 0.717) is 11.6 Å². The molecule has 0 saturated heterocycles. The third-order valence-corrected chi connectivity index (χ3v) is 5.38. The summed E-state index contributed by atoms with van der Waals surface area (Å²) >= 11 is 0. The highest BCUT2D eigenvalue weighted by molar-refractivity contribution is 7.90. The molecule has 1 atom stereocenters. The number of benzene rings is 3. The van der Waals surface area contributed by atoms with Crippen molar-refractivity contribution in [2.24, 2.45) is 0 Å². The van der Waals surface area contributed by atoms with Gasteiger partial charge in [0, 0.05) is 12.3 Å². The highest BCUT2D eigenvalue weighted by atomic mass is 32.2. The van der Waals surface area contributed by atoms with Crippen molar-refractivity contribution in [3.63, 3.8) is 0 Å². The lowest BCUT2D eigenvalue weighted by Gasteiger charge is -2.09. The van der Waals surface area contributed by atoms with Gasteiger partial charge >= 0.3 is 0 Å². The molecule has 4 rings (SSSR count). The average Bonchev–Trinajstić information content (AvgIpc) is 3.17. The summed E-state index contributed by atoms with van der Waals surface area (Å²) in [4.78, 5) is 5.80. The number of hydrogen-bond acceptors (Lipinski definition) is 6. The Labute approximate surface area is 169 Å². The summed E-state index contributed by atoms with van der Waals surface area (Å²) in [5.74, 6) is 2.45. The topological polar surface area (TPSA) is 73.9 Å². The maximum absolute atomic E-state index is 11.5. The lowest BCUT2D eigenvalue weighted by molar-refractivity contribution is 0.0273. The Hall–Kier alpha value is -3.29. The maximum Gasteiger partial charge on any atom is 0.216 e. The highest BCUT2D eigenvalue weighted by Crippen LogP contribution is 2.28. The molecule has 29 heavy (non-hydrogen) atoms. The Bertz CT molecular complexity index is 1110.